The van der Waals surface area contributed by atoms with Gasteiger partial charge in [0.05, 0.1) is 6.61 Å². The summed E-state index contributed by atoms with van der Waals surface area (Å²) in [5.74, 6) is 0.0716. The summed E-state index contributed by atoms with van der Waals surface area (Å²) in [5.41, 5.74) is 7.47. The molecule has 2 aliphatic rings. The number of aliphatic hydroxyl groups excluding tert-OH is 1. The molecule has 5 nitrogen and oxygen atoms in total. The SMILES string of the molecule is O=C(NCc1ccccc1)C1=C[C@@H](c2ccc3c(c2)Cc2ccccc2-3)C[C@@H](OCCCCO)O1. The molecule has 0 radical (unpaired) electrons. The van der Waals surface area contributed by atoms with Gasteiger partial charge in [-0.25, -0.2) is 0 Å². The summed E-state index contributed by atoms with van der Waals surface area (Å²) in [6, 6.07) is 25.0. The molecule has 1 aliphatic heterocycles. The second-order valence-electron chi connectivity index (χ2n) is 9.14. The number of hydrogen-bond donors (Lipinski definition) is 2. The van der Waals surface area contributed by atoms with Crippen LogP contribution in [0, 0.1) is 0 Å². The van der Waals surface area contributed by atoms with E-state index in [0.717, 1.165) is 24.0 Å². The van der Waals surface area contributed by atoms with Crippen LogP contribution < -0.4 is 5.32 Å². The number of ether oxygens (including phenoxy) is 2. The van der Waals surface area contributed by atoms with E-state index in [-0.39, 0.29) is 18.4 Å². The van der Waals surface area contributed by atoms with Gasteiger partial charge in [-0.05, 0) is 58.7 Å². The van der Waals surface area contributed by atoms with Crippen LogP contribution in [-0.2, 0) is 27.2 Å². The fourth-order valence-electron chi connectivity index (χ4n) is 4.84. The van der Waals surface area contributed by atoms with Crippen molar-refractivity contribution in [3.63, 3.8) is 0 Å². The molecule has 5 rings (SSSR count). The van der Waals surface area contributed by atoms with Crippen molar-refractivity contribution in [3.8, 4) is 11.1 Å². The van der Waals surface area contributed by atoms with Gasteiger partial charge in [0, 0.05) is 25.5 Å². The molecule has 1 heterocycles. The second-order valence-corrected chi connectivity index (χ2v) is 9.14. The molecule has 0 aromatic heterocycles. The molecule has 1 aliphatic carbocycles. The lowest BCUT2D eigenvalue weighted by Gasteiger charge is -2.29. The lowest BCUT2D eigenvalue weighted by atomic mass is 9.90. The highest BCUT2D eigenvalue weighted by molar-refractivity contribution is 5.91. The number of benzene rings is 3. The molecular formula is C30H31NO4. The fourth-order valence-corrected chi connectivity index (χ4v) is 4.84. The van der Waals surface area contributed by atoms with E-state index in [4.69, 9.17) is 14.6 Å². The molecule has 0 bridgehead atoms. The van der Waals surface area contributed by atoms with Crippen molar-refractivity contribution < 1.29 is 19.4 Å². The zero-order chi connectivity index (χ0) is 24.0. The molecule has 0 spiro atoms. The Bertz CT molecular complexity index is 1200. The zero-order valence-electron chi connectivity index (χ0n) is 19.8. The van der Waals surface area contributed by atoms with Crippen LogP contribution in [0.2, 0.25) is 0 Å². The summed E-state index contributed by atoms with van der Waals surface area (Å²) in [7, 11) is 0. The third-order valence-corrected chi connectivity index (χ3v) is 6.68. The summed E-state index contributed by atoms with van der Waals surface area (Å²) in [4.78, 5) is 13.0. The second kappa shape index (κ2) is 10.9. The molecule has 3 aromatic carbocycles. The van der Waals surface area contributed by atoms with Crippen molar-refractivity contribution in [2.24, 2.45) is 0 Å². The first-order chi connectivity index (χ1) is 17.2. The highest BCUT2D eigenvalue weighted by Crippen LogP contribution is 2.39. The van der Waals surface area contributed by atoms with Crippen LogP contribution in [0.4, 0.5) is 0 Å². The molecule has 0 saturated heterocycles. The van der Waals surface area contributed by atoms with Crippen LogP contribution in [0.3, 0.4) is 0 Å². The van der Waals surface area contributed by atoms with Crippen LogP contribution in [0.5, 0.6) is 0 Å². The Kier molecular flexibility index (Phi) is 7.26. The molecule has 180 valence electrons. The van der Waals surface area contributed by atoms with Gasteiger partial charge in [-0.15, -0.1) is 0 Å². The van der Waals surface area contributed by atoms with Crippen molar-refractivity contribution in [1.29, 1.82) is 0 Å². The summed E-state index contributed by atoms with van der Waals surface area (Å²) in [5, 5.41) is 12.0. The number of nitrogens with one attached hydrogen (secondary N) is 1. The van der Waals surface area contributed by atoms with Crippen molar-refractivity contribution in [2.45, 2.75) is 44.4 Å². The highest BCUT2D eigenvalue weighted by atomic mass is 16.7. The third kappa shape index (κ3) is 5.47. The van der Waals surface area contributed by atoms with Crippen molar-refractivity contribution in [2.75, 3.05) is 13.2 Å². The lowest BCUT2D eigenvalue weighted by molar-refractivity contribution is -0.146. The predicted octanol–water partition coefficient (Wildman–Crippen LogP) is 5.08. The summed E-state index contributed by atoms with van der Waals surface area (Å²) in [6.45, 7) is 1.06. The van der Waals surface area contributed by atoms with Gasteiger partial charge in [0.1, 0.15) is 0 Å². The number of hydrogen-bond acceptors (Lipinski definition) is 4. The quantitative estimate of drug-likeness (QED) is 0.336. The number of carbonyl (C=O) groups is 1. The third-order valence-electron chi connectivity index (χ3n) is 6.68. The molecular weight excluding hydrogens is 438 g/mol. The molecule has 1 amide bonds. The zero-order valence-corrected chi connectivity index (χ0v) is 19.8. The minimum atomic E-state index is -0.508. The summed E-state index contributed by atoms with van der Waals surface area (Å²) < 4.78 is 11.9. The number of carbonyl (C=O) groups excluding carboxylic acids is 1. The van der Waals surface area contributed by atoms with Crippen molar-refractivity contribution in [3.05, 3.63) is 107 Å². The van der Waals surface area contributed by atoms with Gasteiger partial charge in [-0.3, -0.25) is 4.79 Å². The van der Waals surface area contributed by atoms with Crippen molar-refractivity contribution >= 4 is 5.91 Å². The van der Waals surface area contributed by atoms with Crippen molar-refractivity contribution in [1.82, 2.24) is 5.32 Å². The number of rotatable bonds is 9. The number of aliphatic hydroxyl groups is 1. The first-order valence-electron chi connectivity index (χ1n) is 12.4. The molecule has 0 saturated carbocycles. The summed E-state index contributed by atoms with van der Waals surface area (Å²) in [6.07, 6.45) is 4.42. The minimum Gasteiger partial charge on any atom is -0.459 e. The van der Waals surface area contributed by atoms with E-state index in [1.807, 2.05) is 36.4 Å². The Balaban J connectivity index is 1.34. The Morgan fingerprint density at radius 3 is 2.63 bits per heavy atom. The molecule has 2 N–H and O–H groups in total. The van der Waals surface area contributed by atoms with Gasteiger partial charge in [-0.1, -0.05) is 72.8 Å². The van der Waals surface area contributed by atoms with Gasteiger partial charge in [0.15, 0.2) is 5.76 Å². The molecule has 0 unspecified atom stereocenters. The van der Waals surface area contributed by atoms with E-state index in [1.54, 1.807) is 0 Å². The van der Waals surface area contributed by atoms with Gasteiger partial charge in [0.25, 0.3) is 5.91 Å². The number of allylic oxidation sites excluding steroid dienone is 1. The smallest absolute Gasteiger partial charge is 0.286 e. The predicted molar refractivity (Wildman–Crippen MR) is 136 cm³/mol. The number of unbranched alkanes of at least 4 members (excludes halogenated alkanes) is 1. The average Bonchev–Trinajstić information content (AvgIpc) is 3.28. The van der Waals surface area contributed by atoms with Gasteiger partial charge < -0.3 is 19.9 Å². The van der Waals surface area contributed by atoms with Gasteiger partial charge in [-0.2, -0.15) is 0 Å². The highest BCUT2D eigenvalue weighted by Gasteiger charge is 2.29. The topological polar surface area (TPSA) is 67.8 Å². The van der Waals surface area contributed by atoms with Crippen LogP contribution in [0.1, 0.15) is 47.4 Å². The molecule has 2 atom stereocenters. The molecule has 0 fully saturated rings. The molecule has 5 heteroatoms. The first-order valence-corrected chi connectivity index (χ1v) is 12.4. The maximum Gasteiger partial charge on any atom is 0.286 e. The number of fused-ring (bicyclic) bond motifs is 3. The normalized spacial score (nSPS) is 18.3. The lowest BCUT2D eigenvalue weighted by Crippen LogP contribution is -2.32. The molecule has 3 aromatic rings. The fraction of sp³-hybridized carbons (Fsp3) is 0.300. The Morgan fingerprint density at radius 1 is 0.971 bits per heavy atom. The Morgan fingerprint density at radius 2 is 1.77 bits per heavy atom. The van der Waals surface area contributed by atoms with Crippen LogP contribution in [0.15, 0.2) is 84.6 Å². The maximum atomic E-state index is 13.0. The maximum absolute atomic E-state index is 13.0. The first kappa shape index (κ1) is 23.3. The monoisotopic (exact) mass is 469 g/mol. The Labute approximate surface area is 206 Å². The standard InChI is InChI=1S/C30H31NO4/c32-14-6-7-15-34-29-19-24(18-28(35-29)30(33)31-20-21-8-2-1-3-9-21)22-12-13-27-25(16-22)17-23-10-4-5-11-26(23)27/h1-5,8-13,16,18,24,29,32H,6-7,14-15,17,19-20H2,(H,31,33)/t24-,29+/m1/s1. The van der Waals surface area contributed by atoms with E-state index in [0.29, 0.717) is 31.8 Å². The molecule has 35 heavy (non-hydrogen) atoms. The van der Waals surface area contributed by atoms with E-state index in [2.05, 4.69) is 47.8 Å². The van der Waals surface area contributed by atoms with Gasteiger partial charge in [0.2, 0.25) is 6.29 Å². The summed E-state index contributed by atoms with van der Waals surface area (Å²) >= 11 is 0. The van der Waals surface area contributed by atoms with E-state index in [1.165, 1.54) is 22.3 Å². The largest absolute Gasteiger partial charge is 0.459 e. The van der Waals surface area contributed by atoms with Crippen LogP contribution >= 0.6 is 0 Å². The number of amides is 1. The van der Waals surface area contributed by atoms with Gasteiger partial charge >= 0.3 is 0 Å². The van der Waals surface area contributed by atoms with E-state index < -0.39 is 6.29 Å². The van der Waals surface area contributed by atoms with Crippen LogP contribution in [-0.4, -0.2) is 30.5 Å². The average molecular weight is 470 g/mol. The Hall–Kier alpha value is -3.41. The minimum absolute atomic E-state index is 0.0121. The van der Waals surface area contributed by atoms with E-state index >= 15 is 0 Å². The van der Waals surface area contributed by atoms with Crippen LogP contribution in [0.25, 0.3) is 11.1 Å². The van der Waals surface area contributed by atoms with E-state index in [9.17, 15) is 4.79 Å².